The van der Waals surface area contributed by atoms with E-state index in [1.54, 1.807) is 0 Å². The lowest BCUT2D eigenvalue weighted by atomic mass is 10.2. The van der Waals surface area contributed by atoms with Crippen LogP contribution in [0.15, 0.2) is 0 Å². The fourth-order valence-corrected chi connectivity index (χ4v) is 2.78. The molecule has 0 N–H and O–H groups in total. The van der Waals surface area contributed by atoms with E-state index < -0.39 is 50.7 Å². The normalized spacial score (nSPS) is 11.7. The Hall–Kier alpha value is -1.09. The molecule has 0 saturated carbocycles. The maximum atomic E-state index is 13.3. The lowest BCUT2D eigenvalue weighted by Gasteiger charge is -2.10. The van der Waals surface area contributed by atoms with Gasteiger partial charge in [-0.2, -0.15) is 17.2 Å². The molecule has 0 aliphatic rings. The lowest BCUT2D eigenvalue weighted by molar-refractivity contribution is 0.346. The zero-order valence-corrected chi connectivity index (χ0v) is 12.7. The minimum absolute atomic E-state index is 0.106. The average molecular weight is 367 g/mol. The van der Waals surface area contributed by atoms with Crippen molar-refractivity contribution in [3.63, 3.8) is 0 Å². The van der Waals surface area contributed by atoms with Crippen LogP contribution in [0.5, 0.6) is 5.75 Å². The third kappa shape index (κ3) is 4.70. The monoisotopic (exact) mass is 366 g/mol. The van der Waals surface area contributed by atoms with E-state index in [-0.39, 0.29) is 6.42 Å². The van der Waals surface area contributed by atoms with Crippen LogP contribution in [-0.2, 0) is 10.1 Å². The van der Waals surface area contributed by atoms with Crippen molar-refractivity contribution in [2.24, 2.45) is 0 Å². The Bertz CT molecular complexity index is 607. The van der Waals surface area contributed by atoms with Crippen LogP contribution in [-0.4, -0.2) is 20.1 Å². The predicted molar refractivity (Wildman–Crippen MR) is 69.8 cm³/mol. The smallest absolute Gasteiger partial charge is 0.309 e. The van der Waals surface area contributed by atoms with E-state index in [1.165, 1.54) is 0 Å². The first kappa shape index (κ1) is 19.0. The Balaban J connectivity index is 2.86. The van der Waals surface area contributed by atoms with Gasteiger partial charge in [-0.25, -0.2) is 13.2 Å². The van der Waals surface area contributed by atoms with Gasteiger partial charge in [0.25, 0.3) is 0 Å². The van der Waals surface area contributed by atoms with Crippen molar-refractivity contribution in [1.82, 2.24) is 0 Å². The molecule has 1 aromatic carbocycles. The molecule has 0 aliphatic heterocycles. The van der Waals surface area contributed by atoms with Crippen molar-refractivity contribution >= 4 is 21.7 Å². The van der Waals surface area contributed by atoms with E-state index >= 15 is 0 Å². The molecule has 126 valence electrons. The third-order valence-corrected chi connectivity index (χ3v) is 4.13. The highest BCUT2D eigenvalue weighted by Crippen LogP contribution is 2.30. The highest BCUT2D eigenvalue weighted by atomic mass is 35.5. The number of unbranched alkanes of at least 4 members (excludes halogenated alkanes) is 3. The molecular formula is C12H12ClF5O3S. The summed E-state index contributed by atoms with van der Waals surface area (Å²) in [6, 6.07) is 0. The summed E-state index contributed by atoms with van der Waals surface area (Å²) in [7, 11) is -4.48. The van der Waals surface area contributed by atoms with Crippen molar-refractivity contribution in [3.05, 3.63) is 29.1 Å². The van der Waals surface area contributed by atoms with Gasteiger partial charge in [0.1, 0.15) is 0 Å². The highest BCUT2D eigenvalue weighted by molar-refractivity contribution is 7.87. The van der Waals surface area contributed by atoms with Gasteiger partial charge in [0.05, 0.1) is 5.75 Å². The fraction of sp³-hybridized carbons (Fsp3) is 0.500. The molecule has 3 nitrogen and oxygen atoms in total. The van der Waals surface area contributed by atoms with E-state index in [0.717, 1.165) is 0 Å². The van der Waals surface area contributed by atoms with Crippen LogP contribution in [0.3, 0.4) is 0 Å². The Morgan fingerprint density at radius 3 is 1.73 bits per heavy atom. The molecule has 0 atom stereocenters. The zero-order valence-electron chi connectivity index (χ0n) is 11.1. The van der Waals surface area contributed by atoms with Crippen molar-refractivity contribution in [3.8, 4) is 5.75 Å². The van der Waals surface area contributed by atoms with Crippen molar-refractivity contribution in [2.45, 2.75) is 25.7 Å². The van der Waals surface area contributed by atoms with E-state index in [9.17, 15) is 30.4 Å². The predicted octanol–water partition coefficient (Wildman–Crippen LogP) is 3.89. The first-order chi connectivity index (χ1) is 10.2. The van der Waals surface area contributed by atoms with Gasteiger partial charge >= 0.3 is 10.1 Å². The Morgan fingerprint density at radius 2 is 1.23 bits per heavy atom. The summed E-state index contributed by atoms with van der Waals surface area (Å²) in [5, 5.41) is 0. The largest absolute Gasteiger partial charge is 0.376 e. The molecule has 0 unspecified atom stereocenters. The van der Waals surface area contributed by atoms with Gasteiger partial charge in [-0.15, -0.1) is 11.6 Å². The summed E-state index contributed by atoms with van der Waals surface area (Å²) >= 11 is 5.43. The number of rotatable bonds is 8. The maximum absolute atomic E-state index is 13.3. The van der Waals surface area contributed by atoms with Crippen LogP contribution in [0.25, 0.3) is 0 Å². The van der Waals surface area contributed by atoms with Gasteiger partial charge in [0.2, 0.25) is 34.8 Å². The average Bonchev–Trinajstić information content (AvgIpc) is 2.47. The SMILES string of the molecule is O=S(=O)(CCCCCCCl)Oc1c(F)c(F)c(F)c(F)c1F. The molecular weight excluding hydrogens is 355 g/mol. The summed E-state index contributed by atoms with van der Waals surface area (Å²) < 4.78 is 92.3. The van der Waals surface area contributed by atoms with E-state index in [1.807, 2.05) is 0 Å². The van der Waals surface area contributed by atoms with E-state index in [0.29, 0.717) is 25.1 Å². The summed E-state index contributed by atoms with van der Waals surface area (Å²) in [6.07, 6.45) is 1.88. The Labute approximate surface area is 129 Å². The van der Waals surface area contributed by atoms with Crippen LogP contribution in [0, 0.1) is 29.1 Å². The first-order valence-electron chi connectivity index (χ1n) is 6.20. The van der Waals surface area contributed by atoms with E-state index in [2.05, 4.69) is 4.18 Å². The van der Waals surface area contributed by atoms with Crippen LogP contribution >= 0.6 is 11.6 Å². The number of alkyl halides is 1. The Morgan fingerprint density at radius 1 is 0.773 bits per heavy atom. The lowest BCUT2D eigenvalue weighted by Crippen LogP contribution is -2.17. The maximum Gasteiger partial charge on any atom is 0.309 e. The molecule has 0 aromatic heterocycles. The van der Waals surface area contributed by atoms with Crippen LogP contribution in [0.1, 0.15) is 25.7 Å². The second-order valence-corrected chi connectivity index (χ2v) is 6.42. The summed E-state index contributed by atoms with van der Waals surface area (Å²) in [5.74, 6) is -13.6. The molecule has 22 heavy (non-hydrogen) atoms. The second-order valence-electron chi connectivity index (χ2n) is 4.35. The molecule has 0 radical (unpaired) electrons. The van der Waals surface area contributed by atoms with Gasteiger partial charge in [0.15, 0.2) is 0 Å². The zero-order chi connectivity index (χ0) is 16.9. The number of hydrogen-bond acceptors (Lipinski definition) is 3. The van der Waals surface area contributed by atoms with Gasteiger partial charge in [-0.3, -0.25) is 0 Å². The quantitative estimate of drug-likeness (QED) is 0.175. The molecule has 0 spiro atoms. The van der Waals surface area contributed by atoms with Crippen LogP contribution in [0.2, 0.25) is 0 Å². The molecule has 10 heteroatoms. The molecule has 0 heterocycles. The Kier molecular flexibility index (Phi) is 6.86. The topological polar surface area (TPSA) is 43.4 Å². The number of halogens is 6. The molecule has 1 aromatic rings. The summed E-state index contributed by atoms with van der Waals surface area (Å²) in [4.78, 5) is 0. The molecule has 0 aliphatic carbocycles. The van der Waals surface area contributed by atoms with Gasteiger partial charge < -0.3 is 4.18 Å². The fourth-order valence-electron chi connectivity index (χ4n) is 1.55. The first-order valence-corrected chi connectivity index (χ1v) is 8.32. The van der Waals surface area contributed by atoms with Gasteiger partial charge in [-0.1, -0.05) is 12.8 Å². The number of benzene rings is 1. The van der Waals surface area contributed by atoms with Crippen LogP contribution in [0.4, 0.5) is 22.0 Å². The third-order valence-electron chi connectivity index (χ3n) is 2.66. The van der Waals surface area contributed by atoms with Crippen LogP contribution < -0.4 is 4.18 Å². The highest BCUT2D eigenvalue weighted by Gasteiger charge is 2.30. The summed E-state index contributed by atoms with van der Waals surface area (Å²) in [6.45, 7) is 0. The molecule has 0 saturated heterocycles. The van der Waals surface area contributed by atoms with Gasteiger partial charge in [-0.05, 0) is 12.8 Å². The number of hydrogen-bond donors (Lipinski definition) is 0. The molecule has 0 bridgehead atoms. The van der Waals surface area contributed by atoms with Crippen molar-refractivity contribution in [1.29, 1.82) is 0 Å². The minimum Gasteiger partial charge on any atom is -0.376 e. The standard InChI is InChI=1S/C12H12ClF5O3S/c13-5-3-1-2-4-6-22(19,20)21-12-10(17)8(15)7(14)9(16)11(12)18/h1-6H2. The second kappa shape index (κ2) is 7.96. The van der Waals surface area contributed by atoms with Crippen molar-refractivity contribution in [2.75, 3.05) is 11.6 Å². The molecule has 1 rings (SSSR count). The molecule has 0 amide bonds. The summed E-state index contributed by atoms with van der Waals surface area (Å²) in [5.41, 5.74) is 0. The molecule has 0 fully saturated rings. The van der Waals surface area contributed by atoms with Gasteiger partial charge in [0, 0.05) is 5.88 Å². The van der Waals surface area contributed by atoms with E-state index in [4.69, 9.17) is 11.6 Å². The van der Waals surface area contributed by atoms with Crippen molar-refractivity contribution < 1.29 is 34.6 Å². The minimum atomic E-state index is -4.48.